The molecule has 0 atom stereocenters. The lowest BCUT2D eigenvalue weighted by Gasteiger charge is -2.38. The number of nitrogens with one attached hydrogen (secondary N) is 1. The minimum absolute atomic E-state index is 0.0173. The standard InChI is InChI=1S/C17H21NO4/c1-2-12-4-6-13(7-5-12)14(19)8-9-15(20)18-17(16(21)22)10-3-11-17/h4-7H,2-3,8-11H2,1H3,(H,18,20)(H,21,22). The minimum Gasteiger partial charge on any atom is -0.480 e. The molecular formula is C17H21NO4. The number of aryl methyl sites for hydroxylation is 1. The van der Waals surface area contributed by atoms with Gasteiger partial charge in [-0.05, 0) is 31.2 Å². The maximum Gasteiger partial charge on any atom is 0.329 e. The predicted octanol–water partition coefficient (Wildman–Crippen LogP) is 2.34. The van der Waals surface area contributed by atoms with E-state index in [1.807, 2.05) is 19.1 Å². The van der Waals surface area contributed by atoms with Gasteiger partial charge in [-0.2, -0.15) is 0 Å². The summed E-state index contributed by atoms with van der Waals surface area (Å²) in [5, 5.41) is 11.7. The lowest BCUT2D eigenvalue weighted by molar-refractivity contribution is -0.151. The first kappa shape index (κ1) is 16.2. The highest BCUT2D eigenvalue weighted by molar-refractivity contribution is 5.98. The van der Waals surface area contributed by atoms with Crippen molar-refractivity contribution in [2.45, 2.75) is 51.0 Å². The monoisotopic (exact) mass is 303 g/mol. The predicted molar refractivity (Wildman–Crippen MR) is 81.7 cm³/mol. The Kier molecular flexibility index (Phi) is 4.96. The largest absolute Gasteiger partial charge is 0.480 e. The zero-order chi connectivity index (χ0) is 16.2. The molecule has 2 rings (SSSR count). The average molecular weight is 303 g/mol. The number of carboxylic acids is 1. The molecule has 1 aromatic carbocycles. The first-order valence-corrected chi connectivity index (χ1v) is 7.63. The Bertz CT molecular complexity index is 573. The molecule has 118 valence electrons. The molecule has 0 unspecified atom stereocenters. The first-order valence-electron chi connectivity index (χ1n) is 7.63. The zero-order valence-electron chi connectivity index (χ0n) is 12.7. The third-order valence-corrected chi connectivity index (χ3v) is 4.26. The summed E-state index contributed by atoms with van der Waals surface area (Å²) in [6.45, 7) is 2.04. The van der Waals surface area contributed by atoms with Crippen LogP contribution in [0, 0.1) is 0 Å². The fourth-order valence-electron chi connectivity index (χ4n) is 2.55. The summed E-state index contributed by atoms with van der Waals surface area (Å²) in [4.78, 5) is 35.1. The van der Waals surface area contributed by atoms with Crippen molar-refractivity contribution in [3.8, 4) is 0 Å². The summed E-state index contributed by atoms with van der Waals surface area (Å²) in [5.74, 6) is -1.47. The second kappa shape index (κ2) is 6.73. The fourth-order valence-corrected chi connectivity index (χ4v) is 2.55. The number of carbonyl (C=O) groups is 3. The van der Waals surface area contributed by atoms with Gasteiger partial charge in [0.05, 0.1) is 0 Å². The zero-order valence-corrected chi connectivity index (χ0v) is 12.7. The van der Waals surface area contributed by atoms with E-state index >= 15 is 0 Å². The van der Waals surface area contributed by atoms with Gasteiger partial charge in [-0.25, -0.2) is 4.79 Å². The molecule has 0 saturated heterocycles. The van der Waals surface area contributed by atoms with Crippen molar-refractivity contribution < 1.29 is 19.5 Å². The second-order valence-corrected chi connectivity index (χ2v) is 5.76. The van der Waals surface area contributed by atoms with Crippen molar-refractivity contribution in [3.05, 3.63) is 35.4 Å². The molecule has 22 heavy (non-hydrogen) atoms. The van der Waals surface area contributed by atoms with E-state index < -0.39 is 11.5 Å². The molecule has 0 aliphatic heterocycles. The molecule has 5 nitrogen and oxygen atoms in total. The Balaban J connectivity index is 1.85. The van der Waals surface area contributed by atoms with E-state index in [4.69, 9.17) is 5.11 Å². The minimum atomic E-state index is -1.11. The molecule has 1 fully saturated rings. The molecule has 1 amide bonds. The third-order valence-electron chi connectivity index (χ3n) is 4.26. The number of hydrogen-bond acceptors (Lipinski definition) is 3. The van der Waals surface area contributed by atoms with Gasteiger partial charge in [0, 0.05) is 18.4 Å². The molecule has 0 spiro atoms. The summed E-state index contributed by atoms with van der Waals surface area (Å²) >= 11 is 0. The SMILES string of the molecule is CCc1ccc(C(=O)CCC(=O)NC2(C(=O)O)CCC2)cc1. The van der Waals surface area contributed by atoms with Crippen LogP contribution in [0.3, 0.4) is 0 Å². The van der Waals surface area contributed by atoms with E-state index in [9.17, 15) is 14.4 Å². The van der Waals surface area contributed by atoms with Crippen molar-refractivity contribution in [1.29, 1.82) is 0 Å². The number of carbonyl (C=O) groups excluding carboxylic acids is 2. The van der Waals surface area contributed by atoms with Gasteiger partial charge < -0.3 is 10.4 Å². The van der Waals surface area contributed by atoms with Crippen LogP contribution in [-0.2, 0) is 16.0 Å². The van der Waals surface area contributed by atoms with Gasteiger partial charge >= 0.3 is 5.97 Å². The van der Waals surface area contributed by atoms with Crippen molar-refractivity contribution in [1.82, 2.24) is 5.32 Å². The molecule has 0 aromatic heterocycles. The number of aliphatic carboxylic acids is 1. The van der Waals surface area contributed by atoms with Gasteiger partial charge in [0.15, 0.2) is 5.78 Å². The Morgan fingerprint density at radius 2 is 1.77 bits per heavy atom. The van der Waals surface area contributed by atoms with Gasteiger partial charge in [-0.3, -0.25) is 9.59 Å². The van der Waals surface area contributed by atoms with Crippen LogP contribution in [0.25, 0.3) is 0 Å². The summed E-state index contributed by atoms with van der Waals surface area (Å²) in [6.07, 6.45) is 2.74. The maximum atomic E-state index is 12.0. The van der Waals surface area contributed by atoms with Crippen LogP contribution < -0.4 is 5.32 Å². The summed E-state index contributed by atoms with van der Waals surface area (Å²) in [5.41, 5.74) is 0.632. The van der Waals surface area contributed by atoms with Gasteiger partial charge in [-0.15, -0.1) is 0 Å². The van der Waals surface area contributed by atoms with Crippen LogP contribution in [0.5, 0.6) is 0 Å². The quantitative estimate of drug-likeness (QED) is 0.757. The third kappa shape index (κ3) is 3.53. The van der Waals surface area contributed by atoms with Gasteiger partial charge in [-0.1, -0.05) is 31.2 Å². The average Bonchev–Trinajstić information content (AvgIpc) is 2.48. The molecular weight excluding hydrogens is 282 g/mol. The molecule has 2 N–H and O–H groups in total. The van der Waals surface area contributed by atoms with Gasteiger partial charge in [0.25, 0.3) is 0 Å². The molecule has 1 aliphatic carbocycles. The van der Waals surface area contributed by atoms with Crippen LogP contribution in [0.15, 0.2) is 24.3 Å². The number of benzene rings is 1. The Hall–Kier alpha value is -2.17. The van der Waals surface area contributed by atoms with Crippen molar-refractivity contribution in [2.24, 2.45) is 0 Å². The number of hydrogen-bond donors (Lipinski definition) is 2. The molecule has 0 radical (unpaired) electrons. The molecule has 5 heteroatoms. The van der Waals surface area contributed by atoms with Crippen molar-refractivity contribution in [2.75, 3.05) is 0 Å². The van der Waals surface area contributed by atoms with Crippen LogP contribution in [0.4, 0.5) is 0 Å². The van der Waals surface area contributed by atoms with Crippen LogP contribution in [0.1, 0.15) is 54.9 Å². The van der Waals surface area contributed by atoms with E-state index in [1.54, 1.807) is 12.1 Å². The maximum absolute atomic E-state index is 12.0. The second-order valence-electron chi connectivity index (χ2n) is 5.76. The summed E-state index contributed by atoms with van der Waals surface area (Å²) < 4.78 is 0. The molecule has 0 heterocycles. The first-order chi connectivity index (χ1) is 10.5. The molecule has 1 saturated carbocycles. The van der Waals surface area contributed by atoms with Gasteiger partial charge in [0.2, 0.25) is 5.91 Å². The molecule has 1 aromatic rings. The Labute approximate surface area is 129 Å². The summed E-state index contributed by atoms with van der Waals surface area (Å²) in [7, 11) is 0. The number of rotatable bonds is 7. The Morgan fingerprint density at radius 1 is 1.14 bits per heavy atom. The topological polar surface area (TPSA) is 83.5 Å². The van der Waals surface area contributed by atoms with Crippen LogP contribution in [0.2, 0.25) is 0 Å². The van der Waals surface area contributed by atoms with Gasteiger partial charge in [0.1, 0.15) is 5.54 Å². The van der Waals surface area contributed by atoms with E-state index in [0.29, 0.717) is 18.4 Å². The highest BCUT2D eigenvalue weighted by Crippen LogP contribution is 2.32. The number of amides is 1. The van der Waals surface area contributed by atoms with Crippen LogP contribution in [-0.4, -0.2) is 28.3 Å². The fraction of sp³-hybridized carbons (Fsp3) is 0.471. The van der Waals surface area contributed by atoms with Crippen LogP contribution >= 0.6 is 0 Å². The lowest BCUT2D eigenvalue weighted by atomic mass is 9.76. The van der Waals surface area contributed by atoms with E-state index in [1.165, 1.54) is 0 Å². The van der Waals surface area contributed by atoms with E-state index in [0.717, 1.165) is 18.4 Å². The normalized spacial score (nSPS) is 15.7. The number of ketones is 1. The molecule has 1 aliphatic rings. The highest BCUT2D eigenvalue weighted by Gasteiger charge is 2.45. The Morgan fingerprint density at radius 3 is 2.23 bits per heavy atom. The lowest BCUT2D eigenvalue weighted by Crippen LogP contribution is -2.59. The smallest absolute Gasteiger partial charge is 0.329 e. The highest BCUT2D eigenvalue weighted by atomic mass is 16.4. The number of carboxylic acid groups (broad SMARTS) is 1. The van der Waals surface area contributed by atoms with E-state index in [2.05, 4.69) is 5.32 Å². The van der Waals surface area contributed by atoms with Crippen molar-refractivity contribution >= 4 is 17.7 Å². The number of Topliss-reactive ketones (excluding diaryl/α,β-unsaturated/α-hetero) is 1. The molecule has 0 bridgehead atoms. The summed E-state index contributed by atoms with van der Waals surface area (Å²) in [6, 6.07) is 7.34. The van der Waals surface area contributed by atoms with E-state index in [-0.39, 0.29) is 24.5 Å². The van der Waals surface area contributed by atoms with Crippen molar-refractivity contribution in [3.63, 3.8) is 0 Å².